The second-order valence-corrected chi connectivity index (χ2v) is 8.51. The van der Waals surface area contributed by atoms with Crippen molar-refractivity contribution in [3.05, 3.63) is 59.0 Å². The van der Waals surface area contributed by atoms with Crippen molar-refractivity contribution in [2.45, 2.75) is 19.3 Å². The van der Waals surface area contributed by atoms with Crippen LogP contribution in [0.25, 0.3) is 10.9 Å². The number of rotatable bonds is 3. The number of fused-ring (bicyclic) bond motifs is 1. The molecule has 4 heterocycles. The lowest BCUT2D eigenvalue weighted by molar-refractivity contribution is 0.0304. The van der Waals surface area contributed by atoms with E-state index in [4.69, 9.17) is 15.5 Å². The Morgan fingerprint density at radius 1 is 1.00 bits per heavy atom. The van der Waals surface area contributed by atoms with Crippen LogP contribution >= 0.6 is 0 Å². The number of nitrogens with two attached hydrogens (primary N) is 1. The number of aromatic nitrogens is 3. The van der Waals surface area contributed by atoms with Gasteiger partial charge in [-0.05, 0) is 31.5 Å². The molecule has 2 N–H and O–H groups in total. The van der Waals surface area contributed by atoms with E-state index in [2.05, 4.69) is 9.97 Å². The Labute approximate surface area is 191 Å². The van der Waals surface area contributed by atoms with Gasteiger partial charge in [0.1, 0.15) is 5.69 Å². The summed E-state index contributed by atoms with van der Waals surface area (Å²) in [5.41, 5.74) is 8.96. The fourth-order valence-corrected chi connectivity index (χ4v) is 4.57. The Kier molecular flexibility index (Phi) is 5.63. The van der Waals surface area contributed by atoms with Gasteiger partial charge in [-0.2, -0.15) is 0 Å². The van der Waals surface area contributed by atoms with Crippen molar-refractivity contribution in [2.75, 3.05) is 45.1 Å². The fraction of sp³-hybridized carbons (Fsp3) is 0.375. The number of hydrogen-bond acceptors (Lipinski definition) is 7. The minimum absolute atomic E-state index is 0.00369. The molecular formula is C24H26N6O3. The van der Waals surface area contributed by atoms with Crippen molar-refractivity contribution in [3.63, 3.8) is 0 Å². The van der Waals surface area contributed by atoms with Gasteiger partial charge >= 0.3 is 0 Å². The van der Waals surface area contributed by atoms with Crippen LogP contribution < -0.4 is 5.73 Å². The van der Waals surface area contributed by atoms with Gasteiger partial charge in [-0.25, -0.2) is 9.97 Å². The van der Waals surface area contributed by atoms with Gasteiger partial charge in [0.05, 0.1) is 24.3 Å². The van der Waals surface area contributed by atoms with Crippen molar-refractivity contribution in [2.24, 2.45) is 0 Å². The summed E-state index contributed by atoms with van der Waals surface area (Å²) in [5.74, 6) is -0.0391. The molecule has 5 rings (SSSR count). The van der Waals surface area contributed by atoms with E-state index in [9.17, 15) is 9.59 Å². The van der Waals surface area contributed by atoms with Gasteiger partial charge in [-0.1, -0.05) is 18.2 Å². The van der Waals surface area contributed by atoms with Gasteiger partial charge in [0, 0.05) is 48.9 Å². The third-order valence-corrected chi connectivity index (χ3v) is 6.25. The van der Waals surface area contributed by atoms with Crippen molar-refractivity contribution in [1.82, 2.24) is 24.8 Å². The van der Waals surface area contributed by atoms with Crippen LogP contribution in [0.2, 0.25) is 0 Å². The number of carbonyl (C=O) groups excluding carboxylic acids is 2. The van der Waals surface area contributed by atoms with E-state index in [0.29, 0.717) is 56.3 Å². The molecular weight excluding hydrogens is 420 g/mol. The van der Waals surface area contributed by atoms with Crippen molar-refractivity contribution >= 4 is 28.7 Å². The van der Waals surface area contributed by atoms with Gasteiger partial charge in [0.2, 0.25) is 5.95 Å². The number of carbonyl (C=O) groups is 2. The zero-order valence-electron chi connectivity index (χ0n) is 18.5. The normalized spacial score (nSPS) is 18.6. The minimum atomic E-state index is -0.167. The van der Waals surface area contributed by atoms with Gasteiger partial charge in [0.25, 0.3) is 11.8 Å². The molecule has 2 fully saturated rings. The van der Waals surface area contributed by atoms with Crippen LogP contribution in [-0.4, -0.2) is 76.0 Å². The molecule has 2 aliphatic heterocycles. The fourth-order valence-electron chi connectivity index (χ4n) is 4.57. The number of para-hydroxylation sites is 1. The molecule has 0 unspecified atom stereocenters. The third kappa shape index (κ3) is 4.23. The van der Waals surface area contributed by atoms with Crippen molar-refractivity contribution in [1.29, 1.82) is 0 Å². The average molecular weight is 447 g/mol. The summed E-state index contributed by atoms with van der Waals surface area (Å²) in [5, 5.41) is 0.843. The highest BCUT2D eigenvalue weighted by molar-refractivity contribution is 6.06. The van der Waals surface area contributed by atoms with Gasteiger partial charge < -0.3 is 20.3 Å². The zero-order valence-corrected chi connectivity index (χ0v) is 18.5. The number of pyridine rings is 1. The van der Waals surface area contributed by atoms with E-state index in [1.807, 2.05) is 35.2 Å². The maximum atomic E-state index is 13.4. The van der Waals surface area contributed by atoms with Crippen molar-refractivity contribution < 1.29 is 14.3 Å². The highest BCUT2D eigenvalue weighted by Crippen LogP contribution is 2.30. The Morgan fingerprint density at radius 3 is 2.58 bits per heavy atom. The molecule has 9 heteroatoms. The first-order valence-corrected chi connectivity index (χ1v) is 11.2. The number of morpholine rings is 1. The molecule has 2 saturated heterocycles. The zero-order chi connectivity index (χ0) is 22.9. The summed E-state index contributed by atoms with van der Waals surface area (Å²) in [6.45, 7) is 5.15. The van der Waals surface area contributed by atoms with Crippen LogP contribution in [0.5, 0.6) is 0 Å². The summed E-state index contributed by atoms with van der Waals surface area (Å²) in [6.07, 6.45) is 0.766. The standard InChI is InChI=1S/C24H26N6O3/c1-15-12-21(28-24(25)26-15)23(32)30-7-6-16(14-30)20-13-18(17-4-2-3-5-19(17)27-20)22(31)29-8-10-33-11-9-29/h2-5,12-13,16H,6-11,14H2,1H3,(H2,25,26,28)/t16-/m0/s1. The van der Waals surface area contributed by atoms with Crippen LogP contribution in [0.3, 0.4) is 0 Å². The summed E-state index contributed by atoms with van der Waals surface area (Å²) in [6, 6.07) is 11.3. The van der Waals surface area contributed by atoms with E-state index < -0.39 is 0 Å². The molecule has 0 radical (unpaired) electrons. The maximum Gasteiger partial charge on any atom is 0.272 e. The van der Waals surface area contributed by atoms with Crippen LogP contribution in [-0.2, 0) is 4.74 Å². The number of anilines is 1. The highest BCUT2D eigenvalue weighted by atomic mass is 16.5. The first-order valence-electron chi connectivity index (χ1n) is 11.2. The van der Waals surface area contributed by atoms with Crippen LogP contribution in [0.4, 0.5) is 5.95 Å². The topological polar surface area (TPSA) is 115 Å². The molecule has 2 aromatic heterocycles. The van der Waals surface area contributed by atoms with Crippen LogP contribution in [0, 0.1) is 6.92 Å². The van der Waals surface area contributed by atoms with E-state index >= 15 is 0 Å². The predicted octanol–water partition coefficient (Wildman–Crippen LogP) is 2.02. The first kappa shape index (κ1) is 21.3. The maximum absolute atomic E-state index is 13.4. The molecule has 3 aromatic rings. The molecule has 1 atom stereocenters. The lowest BCUT2D eigenvalue weighted by Gasteiger charge is -2.27. The van der Waals surface area contributed by atoms with E-state index in [-0.39, 0.29) is 23.7 Å². The summed E-state index contributed by atoms with van der Waals surface area (Å²) in [7, 11) is 0. The molecule has 9 nitrogen and oxygen atoms in total. The highest BCUT2D eigenvalue weighted by Gasteiger charge is 2.31. The van der Waals surface area contributed by atoms with E-state index in [1.54, 1.807) is 17.9 Å². The average Bonchev–Trinajstić information content (AvgIpc) is 3.33. The molecule has 0 saturated carbocycles. The number of amides is 2. The number of ether oxygens (including phenoxy) is 1. The molecule has 2 amide bonds. The number of nitrogen functional groups attached to an aromatic ring is 1. The van der Waals surface area contributed by atoms with Crippen molar-refractivity contribution in [3.8, 4) is 0 Å². The summed E-state index contributed by atoms with van der Waals surface area (Å²) < 4.78 is 5.40. The number of benzene rings is 1. The first-order chi connectivity index (χ1) is 16.0. The Hall–Kier alpha value is -3.59. The monoisotopic (exact) mass is 446 g/mol. The Balaban J connectivity index is 1.43. The van der Waals surface area contributed by atoms with E-state index in [1.165, 1.54) is 0 Å². The largest absolute Gasteiger partial charge is 0.378 e. The number of likely N-dealkylation sites (tertiary alicyclic amines) is 1. The molecule has 170 valence electrons. The van der Waals surface area contributed by atoms with E-state index in [0.717, 1.165) is 23.0 Å². The SMILES string of the molecule is Cc1cc(C(=O)N2CC[C@H](c3cc(C(=O)N4CCOCC4)c4ccccc4n3)C2)nc(N)n1. The number of nitrogens with zero attached hydrogens (tertiary/aromatic N) is 5. The Morgan fingerprint density at radius 2 is 1.79 bits per heavy atom. The van der Waals surface area contributed by atoms with Gasteiger partial charge in [-0.15, -0.1) is 0 Å². The molecule has 33 heavy (non-hydrogen) atoms. The van der Waals surface area contributed by atoms with Gasteiger partial charge in [-0.3, -0.25) is 14.6 Å². The minimum Gasteiger partial charge on any atom is -0.378 e. The summed E-state index contributed by atoms with van der Waals surface area (Å²) in [4.78, 5) is 43.0. The van der Waals surface area contributed by atoms with Crippen LogP contribution in [0.1, 0.15) is 44.6 Å². The molecule has 0 aliphatic carbocycles. The summed E-state index contributed by atoms with van der Waals surface area (Å²) >= 11 is 0. The number of hydrogen-bond donors (Lipinski definition) is 1. The predicted molar refractivity (Wildman–Crippen MR) is 123 cm³/mol. The lowest BCUT2D eigenvalue weighted by Crippen LogP contribution is -2.40. The molecule has 1 aromatic carbocycles. The number of aryl methyl sites for hydroxylation is 1. The smallest absolute Gasteiger partial charge is 0.272 e. The second kappa shape index (κ2) is 8.74. The Bertz CT molecular complexity index is 1200. The molecule has 0 bridgehead atoms. The molecule has 2 aliphatic rings. The second-order valence-electron chi connectivity index (χ2n) is 8.51. The lowest BCUT2D eigenvalue weighted by atomic mass is 9.99. The van der Waals surface area contributed by atoms with Gasteiger partial charge in [0.15, 0.2) is 0 Å². The molecule has 0 spiro atoms. The quantitative estimate of drug-likeness (QED) is 0.654. The third-order valence-electron chi connectivity index (χ3n) is 6.25. The van der Waals surface area contributed by atoms with Crippen LogP contribution in [0.15, 0.2) is 36.4 Å².